The SMILES string of the molecule is COc1ccccc1C1CCN(C(=O)N[C@@H](C)c2cnn(C)c2)CC1. The summed E-state index contributed by atoms with van der Waals surface area (Å²) < 4.78 is 7.22. The van der Waals surface area contributed by atoms with Crippen molar-refractivity contribution < 1.29 is 9.53 Å². The van der Waals surface area contributed by atoms with Crippen LogP contribution in [-0.2, 0) is 7.05 Å². The first-order valence-electron chi connectivity index (χ1n) is 8.75. The monoisotopic (exact) mass is 342 g/mol. The molecule has 2 amide bonds. The summed E-state index contributed by atoms with van der Waals surface area (Å²) in [6.45, 7) is 3.50. The maximum absolute atomic E-state index is 12.5. The first-order chi connectivity index (χ1) is 12.1. The average molecular weight is 342 g/mol. The van der Waals surface area contributed by atoms with Gasteiger partial charge in [0.25, 0.3) is 0 Å². The van der Waals surface area contributed by atoms with Gasteiger partial charge in [-0.3, -0.25) is 4.68 Å². The van der Waals surface area contributed by atoms with Crippen LogP contribution in [0.25, 0.3) is 0 Å². The summed E-state index contributed by atoms with van der Waals surface area (Å²) in [7, 11) is 3.59. The molecule has 3 rings (SSSR count). The number of aryl methyl sites for hydroxylation is 1. The zero-order valence-corrected chi connectivity index (χ0v) is 15.1. The molecule has 6 nitrogen and oxygen atoms in total. The molecule has 1 aromatic carbocycles. The third kappa shape index (κ3) is 3.95. The number of urea groups is 1. The van der Waals surface area contributed by atoms with Crippen molar-refractivity contribution in [3.05, 3.63) is 47.8 Å². The predicted octanol–water partition coefficient (Wildman–Crippen LogP) is 3.08. The van der Waals surface area contributed by atoms with E-state index in [2.05, 4.69) is 16.5 Å². The number of ether oxygens (including phenoxy) is 1. The summed E-state index contributed by atoms with van der Waals surface area (Å²) in [4.78, 5) is 14.4. The standard InChI is InChI=1S/C19H26N4O2/c1-14(16-12-20-22(2)13-16)21-19(24)23-10-8-15(9-11-23)17-6-4-5-7-18(17)25-3/h4-7,12-15H,8-11H2,1-3H3,(H,21,24)/t14-/m0/s1. The molecule has 1 aliphatic heterocycles. The minimum atomic E-state index is -0.0480. The van der Waals surface area contributed by atoms with Crippen molar-refractivity contribution in [1.82, 2.24) is 20.0 Å². The second kappa shape index (κ2) is 7.59. The van der Waals surface area contributed by atoms with E-state index in [1.54, 1.807) is 18.0 Å². The lowest BCUT2D eigenvalue weighted by atomic mass is 9.89. The van der Waals surface area contributed by atoms with E-state index in [4.69, 9.17) is 4.74 Å². The highest BCUT2D eigenvalue weighted by atomic mass is 16.5. The minimum absolute atomic E-state index is 0.00479. The molecule has 0 saturated carbocycles. The van der Waals surface area contributed by atoms with E-state index in [-0.39, 0.29) is 12.1 Å². The Morgan fingerprint density at radius 2 is 2.04 bits per heavy atom. The molecule has 0 radical (unpaired) electrons. The zero-order valence-electron chi connectivity index (χ0n) is 15.1. The van der Waals surface area contributed by atoms with Crippen molar-refractivity contribution >= 4 is 6.03 Å². The van der Waals surface area contributed by atoms with E-state index in [1.165, 1.54) is 5.56 Å². The molecule has 1 aromatic heterocycles. The van der Waals surface area contributed by atoms with Crippen LogP contribution in [0.4, 0.5) is 4.79 Å². The maximum atomic E-state index is 12.5. The second-order valence-electron chi connectivity index (χ2n) is 6.62. The van der Waals surface area contributed by atoms with Gasteiger partial charge in [0.1, 0.15) is 5.75 Å². The fraction of sp³-hybridized carbons (Fsp3) is 0.474. The van der Waals surface area contributed by atoms with Crippen molar-refractivity contribution in [3.63, 3.8) is 0 Å². The molecule has 134 valence electrons. The molecule has 1 N–H and O–H groups in total. The Bertz CT molecular complexity index is 720. The van der Waals surface area contributed by atoms with Crippen LogP contribution in [0, 0.1) is 0 Å². The molecule has 2 aromatic rings. The van der Waals surface area contributed by atoms with Crippen LogP contribution in [0.15, 0.2) is 36.7 Å². The summed E-state index contributed by atoms with van der Waals surface area (Å²) in [6.07, 6.45) is 5.63. The number of benzene rings is 1. The quantitative estimate of drug-likeness (QED) is 0.929. The zero-order chi connectivity index (χ0) is 17.8. The summed E-state index contributed by atoms with van der Waals surface area (Å²) in [5.41, 5.74) is 2.26. The third-order valence-electron chi connectivity index (χ3n) is 4.93. The topological polar surface area (TPSA) is 59.4 Å². The molecule has 1 atom stereocenters. The van der Waals surface area contributed by atoms with Crippen molar-refractivity contribution in [2.24, 2.45) is 7.05 Å². The summed E-state index contributed by atoms with van der Waals surface area (Å²) in [5, 5.41) is 7.22. The van der Waals surface area contributed by atoms with E-state index in [0.29, 0.717) is 5.92 Å². The molecule has 1 aliphatic rings. The van der Waals surface area contributed by atoms with Gasteiger partial charge >= 0.3 is 6.03 Å². The minimum Gasteiger partial charge on any atom is -0.496 e. The Morgan fingerprint density at radius 3 is 2.68 bits per heavy atom. The molecule has 2 heterocycles. The van der Waals surface area contributed by atoms with Gasteiger partial charge < -0.3 is 15.0 Å². The smallest absolute Gasteiger partial charge is 0.317 e. The Kier molecular flexibility index (Phi) is 5.26. The van der Waals surface area contributed by atoms with Gasteiger partial charge in [-0.15, -0.1) is 0 Å². The van der Waals surface area contributed by atoms with Gasteiger partial charge in [-0.05, 0) is 37.3 Å². The van der Waals surface area contributed by atoms with Crippen LogP contribution in [0.5, 0.6) is 5.75 Å². The number of carbonyl (C=O) groups is 1. The second-order valence-corrected chi connectivity index (χ2v) is 6.62. The average Bonchev–Trinajstić information content (AvgIpc) is 3.08. The van der Waals surface area contributed by atoms with Gasteiger partial charge in [0, 0.05) is 31.9 Å². The Labute approximate surface area is 148 Å². The van der Waals surface area contributed by atoms with Crippen molar-refractivity contribution in [1.29, 1.82) is 0 Å². The van der Waals surface area contributed by atoms with Crippen LogP contribution in [0.3, 0.4) is 0 Å². The number of methoxy groups -OCH3 is 1. The lowest BCUT2D eigenvalue weighted by Gasteiger charge is -2.33. The Hall–Kier alpha value is -2.50. The van der Waals surface area contributed by atoms with Crippen LogP contribution < -0.4 is 10.1 Å². The van der Waals surface area contributed by atoms with E-state index in [0.717, 1.165) is 37.2 Å². The number of carbonyl (C=O) groups excluding carboxylic acids is 1. The predicted molar refractivity (Wildman–Crippen MR) is 96.7 cm³/mol. The number of para-hydroxylation sites is 1. The summed E-state index contributed by atoms with van der Waals surface area (Å²) in [6, 6.07) is 8.12. The molecule has 25 heavy (non-hydrogen) atoms. The molecule has 6 heteroatoms. The largest absolute Gasteiger partial charge is 0.496 e. The van der Waals surface area contributed by atoms with Gasteiger partial charge in [-0.1, -0.05) is 18.2 Å². The first kappa shape index (κ1) is 17.3. The summed E-state index contributed by atoms with van der Waals surface area (Å²) in [5.74, 6) is 1.38. The van der Waals surface area contributed by atoms with E-state index in [1.807, 2.05) is 43.3 Å². The van der Waals surface area contributed by atoms with E-state index in [9.17, 15) is 4.79 Å². The number of hydrogen-bond acceptors (Lipinski definition) is 3. The molecule has 0 bridgehead atoms. The van der Waals surface area contributed by atoms with Crippen LogP contribution in [0.1, 0.15) is 42.9 Å². The number of aromatic nitrogens is 2. The normalized spacial score (nSPS) is 16.5. The van der Waals surface area contributed by atoms with Gasteiger partial charge in [0.15, 0.2) is 0 Å². The lowest BCUT2D eigenvalue weighted by Crippen LogP contribution is -2.44. The molecular formula is C19H26N4O2. The van der Waals surface area contributed by atoms with Crippen LogP contribution in [0.2, 0.25) is 0 Å². The van der Waals surface area contributed by atoms with Crippen LogP contribution in [-0.4, -0.2) is 40.9 Å². The number of likely N-dealkylation sites (tertiary alicyclic amines) is 1. The fourth-order valence-corrected chi connectivity index (χ4v) is 3.42. The first-order valence-corrected chi connectivity index (χ1v) is 8.75. The number of amides is 2. The molecule has 1 fully saturated rings. The van der Waals surface area contributed by atoms with Gasteiger partial charge in [-0.25, -0.2) is 4.79 Å². The molecule has 0 aliphatic carbocycles. The number of hydrogen-bond donors (Lipinski definition) is 1. The molecule has 0 unspecified atom stereocenters. The molecule has 0 spiro atoms. The van der Waals surface area contributed by atoms with E-state index < -0.39 is 0 Å². The van der Waals surface area contributed by atoms with Gasteiger partial charge in [0.05, 0.1) is 19.3 Å². The van der Waals surface area contributed by atoms with Crippen molar-refractivity contribution in [3.8, 4) is 5.75 Å². The number of piperidine rings is 1. The highest BCUT2D eigenvalue weighted by molar-refractivity contribution is 5.74. The number of rotatable bonds is 4. The molecular weight excluding hydrogens is 316 g/mol. The number of nitrogens with zero attached hydrogens (tertiary/aromatic N) is 3. The summed E-state index contributed by atoms with van der Waals surface area (Å²) >= 11 is 0. The fourth-order valence-electron chi connectivity index (χ4n) is 3.42. The molecule has 1 saturated heterocycles. The van der Waals surface area contributed by atoms with Gasteiger partial charge in [0.2, 0.25) is 0 Å². The lowest BCUT2D eigenvalue weighted by molar-refractivity contribution is 0.178. The van der Waals surface area contributed by atoms with E-state index >= 15 is 0 Å². The van der Waals surface area contributed by atoms with Gasteiger partial charge in [-0.2, -0.15) is 5.10 Å². The highest BCUT2D eigenvalue weighted by Gasteiger charge is 2.26. The van der Waals surface area contributed by atoms with Crippen LogP contribution >= 0.6 is 0 Å². The third-order valence-corrected chi connectivity index (χ3v) is 4.93. The maximum Gasteiger partial charge on any atom is 0.317 e. The van der Waals surface area contributed by atoms with Crippen molar-refractivity contribution in [2.45, 2.75) is 31.7 Å². The Morgan fingerprint density at radius 1 is 1.32 bits per heavy atom. The number of nitrogens with one attached hydrogen (secondary N) is 1. The van der Waals surface area contributed by atoms with Crippen molar-refractivity contribution in [2.75, 3.05) is 20.2 Å². The highest BCUT2D eigenvalue weighted by Crippen LogP contribution is 2.34. The Balaban J connectivity index is 1.55.